The topological polar surface area (TPSA) is 40.5 Å². The first-order valence-electron chi connectivity index (χ1n) is 7.17. The smallest absolute Gasteiger partial charge is 0.194 e. The molecular formula is C17H21ClN4. The van der Waals surface area contributed by atoms with Gasteiger partial charge in [-0.25, -0.2) is 0 Å². The van der Waals surface area contributed by atoms with Crippen LogP contribution in [0.2, 0.25) is 5.02 Å². The van der Waals surface area contributed by atoms with Gasteiger partial charge in [0.15, 0.2) is 5.96 Å². The highest BCUT2D eigenvalue weighted by atomic mass is 35.5. The molecule has 116 valence electrons. The molecule has 0 fully saturated rings. The molecule has 0 saturated heterocycles. The number of hydrogen-bond acceptors (Lipinski definition) is 2. The Labute approximate surface area is 136 Å². The van der Waals surface area contributed by atoms with Crippen molar-refractivity contribution in [2.24, 2.45) is 4.99 Å². The molecule has 1 N–H and O–H groups in total. The van der Waals surface area contributed by atoms with Crippen molar-refractivity contribution < 1.29 is 0 Å². The maximum Gasteiger partial charge on any atom is 0.194 e. The molecule has 1 aromatic heterocycles. The summed E-state index contributed by atoms with van der Waals surface area (Å²) in [5.74, 6) is 0.822. The zero-order chi connectivity index (χ0) is 15.9. The molecule has 1 heterocycles. The van der Waals surface area contributed by atoms with Crippen molar-refractivity contribution in [2.75, 3.05) is 14.1 Å². The van der Waals surface area contributed by atoms with E-state index in [0.29, 0.717) is 6.54 Å². The van der Waals surface area contributed by atoms with Gasteiger partial charge < -0.3 is 10.2 Å². The van der Waals surface area contributed by atoms with E-state index in [4.69, 9.17) is 11.6 Å². The molecule has 5 heteroatoms. The number of aliphatic imine (C=N–C) groups is 1. The molecular weight excluding hydrogens is 296 g/mol. The van der Waals surface area contributed by atoms with Crippen molar-refractivity contribution in [3.8, 4) is 0 Å². The summed E-state index contributed by atoms with van der Waals surface area (Å²) >= 11 is 6.03. The number of rotatable bonds is 4. The lowest BCUT2D eigenvalue weighted by molar-refractivity contribution is 0.476. The molecule has 0 unspecified atom stereocenters. The van der Waals surface area contributed by atoms with Gasteiger partial charge >= 0.3 is 0 Å². The predicted octanol–water partition coefficient (Wildman–Crippen LogP) is 3.25. The second-order valence-corrected chi connectivity index (χ2v) is 5.59. The van der Waals surface area contributed by atoms with E-state index in [0.717, 1.165) is 34.5 Å². The highest BCUT2D eigenvalue weighted by molar-refractivity contribution is 6.30. The zero-order valence-electron chi connectivity index (χ0n) is 13.2. The van der Waals surface area contributed by atoms with Gasteiger partial charge in [-0.15, -0.1) is 0 Å². The molecule has 2 aromatic rings. The molecule has 22 heavy (non-hydrogen) atoms. The van der Waals surface area contributed by atoms with Crippen LogP contribution < -0.4 is 5.32 Å². The van der Waals surface area contributed by atoms with Crippen LogP contribution >= 0.6 is 11.6 Å². The normalized spacial score (nSPS) is 11.4. The molecule has 0 bridgehead atoms. The number of hydrogen-bond donors (Lipinski definition) is 1. The van der Waals surface area contributed by atoms with Crippen LogP contribution in [-0.2, 0) is 13.1 Å². The molecule has 0 atom stereocenters. The number of nitrogens with zero attached hydrogens (tertiary/aromatic N) is 3. The Bertz CT molecular complexity index is 655. The molecule has 0 radical (unpaired) electrons. The fourth-order valence-electron chi connectivity index (χ4n) is 2.24. The van der Waals surface area contributed by atoms with E-state index in [1.807, 2.05) is 50.4 Å². The second-order valence-electron chi connectivity index (χ2n) is 5.16. The molecule has 0 spiro atoms. The minimum Gasteiger partial charge on any atom is -0.351 e. The van der Waals surface area contributed by atoms with Crippen LogP contribution in [0.3, 0.4) is 0 Å². The summed E-state index contributed by atoms with van der Waals surface area (Å²) < 4.78 is 0. The third-order valence-corrected chi connectivity index (χ3v) is 3.49. The number of halogens is 1. The van der Waals surface area contributed by atoms with Gasteiger partial charge in [0.25, 0.3) is 0 Å². The van der Waals surface area contributed by atoms with E-state index in [9.17, 15) is 0 Å². The summed E-state index contributed by atoms with van der Waals surface area (Å²) in [4.78, 5) is 10.9. The molecule has 0 amide bonds. The van der Waals surface area contributed by atoms with E-state index < -0.39 is 0 Å². The fraction of sp³-hybridized carbons (Fsp3) is 0.294. The summed E-state index contributed by atoms with van der Waals surface area (Å²) in [7, 11) is 3.78. The first-order valence-corrected chi connectivity index (χ1v) is 7.55. The quantitative estimate of drug-likeness (QED) is 0.695. The third-order valence-electron chi connectivity index (χ3n) is 3.26. The van der Waals surface area contributed by atoms with E-state index >= 15 is 0 Å². The van der Waals surface area contributed by atoms with Gasteiger partial charge in [-0.3, -0.25) is 9.98 Å². The lowest BCUT2D eigenvalue weighted by Crippen LogP contribution is -2.38. The average Bonchev–Trinajstić information content (AvgIpc) is 2.48. The fourth-order valence-corrected chi connectivity index (χ4v) is 2.45. The first kappa shape index (κ1) is 16.3. The summed E-state index contributed by atoms with van der Waals surface area (Å²) in [5.41, 5.74) is 3.16. The number of aryl methyl sites for hydroxylation is 1. The summed E-state index contributed by atoms with van der Waals surface area (Å²) in [5, 5.41) is 4.08. The van der Waals surface area contributed by atoms with Crippen LogP contribution in [0.4, 0.5) is 0 Å². The van der Waals surface area contributed by atoms with E-state index in [1.165, 1.54) is 0 Å². The minimum absolute atomic E-state index is 0.647. The molecule has 0 aliphatic heterocycles. The third kappa shape index (κ3) is 4.74. The van der Waals surface area contributed by atoms with Gasteiger partial charge in [-0.2, -0.15) is 0 Å². The summed E-state index contributed by atoms with van der Waals surface area (Å²) in [6, 6.07) is 13.9. The standard InChI is InChI=1S/C17H21ClN4/c1-13-6-4-9-16(21-13)11-20-17(19-2)22(3)12-14-7-5-8-15(18)10-14/h4-10H,11-12H2,1-3H3,(H,19,20). The summed E-state index contributed by atoms with van der Waals surface area (Å²) in [6.45, 7) is 3.37. The van der Waals surface area contributed by atoms with E-state index in [-0.39, 0.29) is 0 Å². The van der Waals surface area contributed by atoms with E-state index in [2.05, 4.69) is 26.3 Å². The lowest BCUT2D eigenvalue weighted by Gasteiger charge is -2.22. The van der Waals surface area contributed by atoms with Gasteiger partial charge in [0.05, 0.1) is 12.2 Å². The summed E-state index contributed by atoms with van der Waals surface area (Å²) in [6.07, 6.45) is 0. The zero-order valence-corrected chi connectivity index (χ0v) is 13.9. The number of aromatic nitrogens is 1. The monoisotopic (exact) mass is 316 g/mol. The van der Waals surface area contributed by atoms with Crippen LogP contribution in [0, 0.1) is 6.92 Å². The Morgan fingerprint density at radius 2 is 2.05 bits per heavy atom. The van der Waals surface area contributed by atoms with Crippen LogP contribution in [0.1, 0.15) is 17.0 Å². The first-order chi connectivity index (χ1) is 10.6. The number of nitrogens with one attached hydrogen (secondary N) is 1. The molecule has 0 aliphatic rings. The van der Waals surface area contributed by atoms with E-state index in [1.54, 1.807) is 7.05 Å². The highest BCUT2D eigenvalue weighted by Gasteiger charge is 2.07. The van der Waals surface area contributed by atoms with Crippen LogP contribution in [0.15, 0.2) is 47.5 Å². The van der Waals surface area contributed by atoms with Crippen LogP contribution in [-0.4, -0.2) is 29.9 Å². The maximum absolute atomic E-state index is 6.03. The van der Waals surface area contributed by atoms with Crippen molar-refractivity contribution >= 4 is 17.6 Å². The number of benzene rings is 1. The molecule has 4 nitrogen and oxygen atoms in total. The maximum atomic E-state index is 6.03. The second kappa shape index (κ2) is 7.80. The lowest BCUT2D eigenvalue weighted by atomic mass is 10.2. The SMILES string of the molecule is CN=C(NCc1cccc(C)n1)N(C)Cc1cccc(Cl)c1. The molecule has 2 rings (SSSR count). The van der Waals surface area contributed by atoms with Crippen LogP contribution in [0.5, 0.6) is 0 Å². The Balaban J connectivity index is 1.96. The highest BCUT2D eigenvalue weighted by Crippen LogP contribution is 2.12. The Morgan fingerprint density at radius 3 is 2.73 bits per heavy atom. The van der Waals surface area contributed by atoms with Gasteiger partial charge in [0.1, 0.15) is 0 Å². The van der Waals surface area contributed by atoms with Crippen molar-refractivity contribution in [1.82, 2.24) is 15.2 Å². The molecule has 0 saturated carbocycles. The van der Waals surface area contributed by atoms with Crippen molar-refractivity contribution in [3.63, 3.8) is 0 Å². The van der Waals surface area contributed by atoms with Gasteiger partial charge in [-0.05, 0) is 36.8 Å². The van der Waals surface area contributed by atoms with Gasteiger partial charge in [0.2, 0.25) is 0 Å². The van der Waals surface area contributed by atoms with Crippen molar-refractivity contribution in [2.45, 2.75) is 20.0 Å². The van der Waals surface area contributed by atoms with Gasteiger partial charge in [0, 0.05) is 31.4 Å². The largest absolute Gasteiger partial charge is 0.351 e. The number of guanidine groups is 1. The Hall–Kier alpha value is -2.07. The average molecular weight is 317 g/mol. The number of pyridine rings is 1. The van der Waals surface area contributed by atoms with Crippen molar-refractivity contribution in [3.05, 3.63) is 64.4 Å². The minimum atomic E-state index is 0.647. The van der Waals surface area contributed by atoms with Crippen LogP contribution in [0.25, 0.3) is 0 Å². The molecule has 1 aromatic carbocycles. The van der Waals surface area contributed by atoms with Gasteiger partial charge in [-0.1, -0.05) is 29.8 Å². The Kier molecular flexibility index (Phi) is 5.78. The Morgan fingerprint density at radius 1 is 1.27 bits per heavy atom. The predicted molar refractivity (Wildman–Crippen MR) is 92.1 cm³/mol. The van der Waals surface area contributed by atoms with Crippen molar-refractivity contribution in [1.29, 1.82) is 0 Å². The molecule has 0 aliphatic carbocycles.